The second kappa shape index (κ2) is 6.49. The summed E-state index contributed by atoms with van der Waals surface area (Å²) in [5, 5.41) is 0. The lowest BCUT2D eigenvalue weighted by Crippen LogP contribution is -2.25. The molecule has 0 radical (unpaired) electrons. The summed E-state index contributed by atoms with van der Waals surface area (Å²) in [6.07, 6.45) is 0. The van der Waals surface area contributed by atoms with Crippen LogP contribution in [0.4, 0.5) is 0 Å². The maximum atomic E-state index is 12.0. The largest absolute Gasteiger partial charge is 0.460 e. The molecule has 0 amide bonds. The number of hydrogen-bond acceptors (Lipinski definition) is 3. The van der Waals surface area contributed by atoms with Gasteiger partial charge in [0.25, 0.3) is 0 Å². The summed E-state index contributed by atoms with van der Waals surface area (Å²) in [6.45, 7) is 8.98. The molecule has 0 heterocycles. The van der Waals surface area contributed by atoms with Crippen LogP contribution in [0.1, 0.15) is 33.3 Å². The lowest BCUT2D eigenvalue weighted by atomic mass is 10.2. The van der Waals surface area contributed by atoms with Gasteiger partial charge >= 0.3 is 5.97 Å². The van der Waals surface area contributed by atoms with E-state index in [1.54, 1.807) is 0 Å². The minimum atomic E-state index is -0.414. The van der Waals surface area contributed by atoms with E-state index >= 15 is 0 Å². The van der Waals surface area contributed by atoms with Crippen LogP contribution in [0.3, 0.4) is 0 Å². The first-order valence-corrected chi connectivity index (χ1v) is 8.12. The highest BCUT2D eigenvalue weighted by atomic mass is 79.9. The molecular formula is C17H23BrO3. The van der Waals surface area contributed by atoms with Gasteiger partial charge in [0.05, 0.1) is 19.1 Å². The van der Waals surface area contributed by atoms with Crippen molar-refractivity contribution in [1.82, 2.24) is 0 Å². The van der Waals surface area contributed by atoms with Gasteiger partial charge in [0.1, 0.15) is 5.60 Å². The Labute approximate surface area is 135 Å². The summed E-state index contributed by atoms with van der Waals surface area (Å²) < 4.78 is 12.2. The van der Waals surface area contributed by atoms with Gasteiger partial charge in [-0.15, -0.1) is 0 Å². The molecule has 3 atom stereocenters. The molecule has 1 aliphatic rings. The standard InChI is InChI=1S/C17H23BrO3/c1-11-14(15(11)16(19)21-17(2,3)4)10-20-9-12-5-7-13(18)8-6-12/h5-8,11,14-15H,9-10H2,1-4H3. The Morgan fingerprint density at radius 1 is 1.24 bits per heavy atom. The van der Waals surface area contributed by atoms with Crippen molar-refractivity contribution in [3.8, 4) is 0 Å². The van der Waals surface area contributed by atoms with Crippen molar-refractivity contribution in [2.24, 2.45) is 17.8 Å². The Balaban J connectivity index is 1.75. The van der Waals surface area contributed by atoms with Crippen LogP contribution >= 0.6 is 15.9 Å². The first kappa shape index (κ1) is 16.5. The van der Waals surface area contributed by atoms with Crippen molar-refractivity contribution in [2.45, 2.75) is 39.9 Å². The average Bonchev–Trinajstić information content (AvgIpc) is 3.00. The van der Waals surface area contributed by atoms with E-state index in [0.717, 1.165) is 10.0 Å². The van der Waals surface area contributed by atoms with Crippen molar-refractivity contribution >= 4 is 21.9 Å². The fourth-order valence-electron chi connectivity index (χ4n) is 2.45. The second-order valence-corrected chi connectivity index (χ2v) is 7.64. The van der Waals surface area contributed by atoms with Crippen LogP contribution in [-0.4, -0.2) is 18.2 Å². The van der Waals surface area contributed by atoms with E-state index < -0.39 is 5.60 Å². The number of halogens is 1. The molecule has 1 saturated carbocycles. The fourth-order valence-corrected chi connectivity index (χ4v) is 2.72. The molecule has 4 heteroatoms. The van der Waals surface area contributed by atoms with Crippen molar-refractivity contribution in [2.75, 3.05) is 6.61 Å². The molecule has 0 N–H and O–H groups in total. The Hall–Kier alpha value is -0.870. The van der Waals surface area contributed by atoms with Crippen molar-refractivity contribution in [1.29, 1.82) is 0 Å². The first-order chi connectivity index (χ1) is 9.78. The number of carbonyl (C=O) groups excluding carboxylic acids is 1. The SMILES string of the molecule is CC1C(COCc2ccc(Br)cc2)C1C(=O)OC(C)(C)C. The summed E-state index contributed by atoms with van der Waals surface area (Å²) in [4.78, 5) is 12.0. The van der Waals surface area contributed by atoms with Gasteiger partial charge in [0, 0.05) is 4.47 Å². The first-order valence-electron chi connectivity index (χ1n) is 7.33. The smallest absolute Gasteiger partial charge is 0.310 e. The van der Waals surface area contributed by atoms with Gasteiger partial charge in [-0.1, -0.05) is 35.0 Å². The Kier molecular flexibility index (Phi) is 5.10. The molecule has 0 saturated heterocycles. The molecule has 0 aliphatic heterocycles. The van der Waals surface area contributed by atoms with Crippen LogP contribution in [0.2, 0.25) is 0 Å². The van der Waals surface area contributed by atoms with Gasteiger partial charge < -0.3 is 9.47 Å². The van der Waals surface area contributed by atoms with E-state index in [9.17, 15) is 4.79 Å². The lowest BCUT2D eigenvalue weighted by molar-refractivity contribution is -0.157. The Morgan fingerprint density at radius 3 is 2.43 bits per heavy atom. The monoisotopic (exact) mass is 354 g/mol. The summed E-state index contributed by atoms with van der Waals surface area (Å²) >= 11 is 3.41. The highest BCUT2D eigenvalue weighted by Crippen LogP contribution is 2.47. The normalized spacial score (nSPS) is 24.7. The van der Waals surface area contributed by atoms with E-state index in [1.165, 1.54) is 0 Å². The highest BCUT2D eigenvalue weighted by molar-refractivity contribution is 9.10. The van der Waals surface area contributed by atoms with Crippen LogP contribution in [0.5, 0.6) is 0 Å². The van der Waals surface area contributed by atoms with Crippen LogP contribution < -0.4 is 0 Å². The van der Waals surface area contributed by atoms with E-state index in [4.69, 9.17) is 9.47 Å². The number of ether oxygens (including phenoxy) is 2. The van der Waals surface area contributed by atoms with E-state index in [2.05, 4.69) is 22.9 Å². The maximum Gasteiger partial charge on any atom is 0.310 e. The highest BCUT2D eigenvalue weighted by Gasteiger charge is 2.53. The predicted octanol–water partition coefficient (Wildman–Crippen LogP) is 4.19. The van der Waals surface area contributed by atoms with Gasteiger partial charge in [-0.05, 0) is 50.3 Å². The lowest BCUT2D eigenvalue weighted by Gasteiger charge is -2.19. The maximum absolute atomic E-state index is 12.0. The second-order valence-electron chi connectivity index (χ2n) is 6.72. The molecule has 3 unspecified atom stereocenters. The molecule has 0 aromatic heterocycles. The number of carbonyl (C=O) groups is 1. The molecule has 2 rings (SSSR count). The molecule has 3 nitrogen and oxygen atoms in total. The topological polar surface area (TPSA) is 35.5 Å². The van der Waals surface area contributed by atoms with Crippen LogP contribution in [0, 0.1) is 17.8 Å². The Bertz CT molecular complexity index is 490. The van der Waals surface area contributed by atoms with Gasteiger partial charge in [-0.25, -0.2) is 0 Å². The molecule has 1 aliphatic carbocycles. The van der Waals surface area contributed by atoms with Crippen LogP contribution in [0.25, 0.3) is 0 Å². The minimum absolute atomic E-state index is 0.00542. The third kappa shape index (κ3) is 4.82. The zero-order valence-electron chi connectivity index (χ0n) is 13.1. The molecule has 116 valence electrons. The van der Waals surface area contributed by atoms with Gasteiger partial charge in [0.2, 0.25) is 0 Å². The zero-order chi connectivity index (χ0) is 15.6. The average molecular weight is 355 g/mol. The molecule has 1 aromatic carbocycles. The van der Waals surface area contributed by atoms with Gasteiger partial charge in [0.15, 0.2) is 0 Å². The summed E-state index contributed by atoms with van der Waals surface area (Å²) in [7, 11) is 0. The zero-order valence-corrected chi connectivity index (χ0v) is 14.6. The summed E-state index contributed by atoms with van der Waals surface area (Å²) in [6, 6.07) is 8.07. The van der Waals surface area contributed by atoms with E-state index in [0.29, 0.717) is 19.1 Å². The number of rotatable bonds is 5. The Morgan fingerprint density at radius 2 is 1.86 bits per heavy atom. The van der Waals surface area contributed by atoms with Crippen LogP contribution in [-0.2, 0) is 20.9 Å². The summed E-state index contributed by atoms with van der Waals surface area (Å²) in [5.41, 5.74) is 0.725. The van der Waals surface area contributed by atoms with Crippen LogP contribution in [0.15, 0.2) is 28.7 Å². The summed E-state index contributed by atoms with van der Waals surface area (Å²) in [5.74, 6) is 0.543. The van der Waals surface area contributed by atoms with Gasteiger partial charge in [-0.2, -0.15) is 0 Å². The number of hydrogen-bond donors (Lipinski definition) is 0. The number of esters is 1. The third-order valence-electron chi connectivity index (χ3n) is 3.73. The molecule has 1 aromatic rings. The van der Waals surface area contributed by atoms with E-state index in [1.807, 2.05) is 45.0 Å². The van der Waals surface area contributed by atoms with Gasteiger partial charge in [-0.3, -0.25) is 4.79 Å². The fraction of sp³-hybridized carbons (Fsp3) is 0.588. The molecule has 0 spiro atoms. The van der Waals surface area contributed by atoms with Crippen molar-refractivity contribution in [3.63, 3.8) is 0 Å². The molecule has 0 bridgehead atoms. The minimum Gasteiger partial charge on any atom is -0.460 e. The van der Waals surface area contributed by atoms with Crippen molar-refractivity contribution in [3.05, 3.63) is 34.3 Å². The predicted molar refractivity (Wildman–Crippen MR) is 85.8 cm³/mol. The van der Waals surface area contributed by atoms with Crippen molar-refractivity contribution < 1.29 is 14.3 Å². The third-order valence-corrected chi connectivity index (χ3v) is 4.26. The molecule has 21 heavy (non-hydrogen) atoms. The number of benzene rings is 1. The molecule has 1 fully saturated rings. The molecular weight excluding hydrogens is 332 g/mol. The quantitative estimate of drug-likeness (QED) is 0.743. The van der Waals surface area contributed by atoms with E-state index in [-0.39, 0.29) is 17.8 Å².